The van der Waals surface area contributed by atoms with E-state index in [0.717, 1.165) is 12.8 Å². The number of carbonyl (C=O) groups is 1. The van der Waals surface area contributed by atoms with Crippen molar-refractivity contribution < 1.29 is 9.53 Å². The minimum atomic E-state index is -0.236. The number of hydrogen-bond acceptors (Lipinski definition) is 2. The molecule has 0 fully saturated rings. The van der Waals surface area contributed by atoms with Gasteiger partial charge in [0.05, 0.1) is 6.61 Å². The molecule has 1 atom stereocenters. The molecule has 0 spiro atoms. The Kier molecular flexibility index (Phi) is 5.40. The van der Waals surface area contributed by atoms with Crippen molar-refractivity contribution in [2.24, 2.45) is 0 Å². The molecule has 0 radical (unpaired) electrons. The zero-order chi connectivity index (χ0) is 7.98. The summed E-state index contributed by atoms with van der Waals surface area (Å²) >= 11 is 5.76. The van der Waals surface area contributed by atoms with E-state index in [4.69, 9.17) is 16.3 Å². The first-order chi connectivity index (χ1) is 4.66. The van der Waals surface area contributed by atoms with Gasteiger partial charge in [-0.1, -0.05) is 6.92 Å². The van der Waals surface area contributed by atoms with Crippen LogP contribution in [0.1, 0.15) is 26.7 Å². The average molecular weight is 165 g/mol. The topological polar surface area (TPSA) is 26.3 Å². The molecular formula is C7H13ClO2. The summed E-state index contributed by atoms with van der Waals surface area (Å²) in [6, 6.07) is 0. The van der Waals surface area contributed by atoms with Crippen molar-refractivity contribution in [3.8, 4) is 0 Å². The largest absolute Gasteiger partial charge is 0.466 e. The molecule has 0 aromatic heterocycles. The second kappa shape index (κ2) is 5.54. The van der Waals surface area contributed by atoms with Crippen molar-refractivity contribution in [2.45, 2.75) is 32.1 Å². The molecule has 0 saturated heterocycles. The summed E-state index contributed by atoms with van der Waals surface area (Å²) in [5, 5.41) is 0.138. The summed E-state index contributed by atoms with van der Waals surface area (Å²) in [6.07, 6.45) is 1.67. The van der Waals surface area contributed by atoms with Crippen LogP contribution in [0.2, 0.25) is 0 Å². The van der Waals surface area contributed by atoms with E-state index in [1.54, 1.807) is 0 Å². The standard InChI is InChI=1S/C7H13ClO2/c1-3-7(8)4-5-10-6(2)9/h7H,3-5H2,1-2H3/t7-/m1/s1. The highest BCUT2D eigenvalue weighted by atomic mass is 35.5. The Hall–Kier alpha value is -0.240. The molecule has 0 aliphatic rings. The van der Waals surface area contributed by atoms with E-state index in [9.17, 15) is 4.79 Å². The van der Waals surface area contributed by atoms with Gasteiger partial charge >= 0.3 is 5.97 Å². The van der Waals surface area contributed by atoms with Crippen molar-refractivity contribution in [1.29, 1.82) is 0 Å². The van der Waals surface area contributed by atoms with Gasteiger partial charge in [-0.2, -0.15) is 0 Å². The highest BCUT2D eigenvalue weighted by Crippen LogP contribution is 2.05. The Labute approximate surface area is 66.5 Å². The zero-order valence-corrected chi connectivity index (χ0v) is 7.15. The first kappa shape index (κ1) is 9.76. The Morgan fingerprint density at radius 3 is 2.70 bits per heavy atom. The highest BCUT2D eigenvalue weighted by molar-refractivity contribution is 6.20. The van der Waals surface area contributed by atoms with Crippen LogP contribution in [0.15, 0.2) is 0 Å². The summed E-state index contributed by atoms with van der Waals surface area (Å²) < 4.78 is 4.69. The number of alkyl halides is 1. The van der Waals surface area contributed by atoms with Gasteiger partial charge in [-0.3, -0.25) is 4.79 Å². The molecule has 0 unspecified atom stereocenters. The van der Waals surface area contributed by atoms with Crippen LogP contribution in [-0.2, 0) is 9.53 Å². The van der Waals surface area contributed by atoms with Crippen molar-refractivity contribution in [2.75, 3.05) is 6.61 Å². The smallest absolute Gasteiger partial charge is 0.302 e. The maximum Gasteiger partial charge on any atom is 0.302 e. The monoisotopic (exact) mass is 164 g/mol. The van der Waals surface area contributed by atoms with E-state index >= 15 is 0 Å². The molecule has 0 heterocycles. The number of rotatable bonds is 4. The second-order valence-electron chi connectivity index (χ2n) is 2.13. The van der Waals surface area contributed by atoms with Gasteiger partial charge in [-0.25, -0.2) is 0 Å². The molecule has 0 amide bonds. The Morgan fingerprint density at radius 1 is 1.70 bits per heavy atom. The van der Waals surface area contributed by atoms with Gasteiger partial charge in [-0.05, 0) is 12.8 Å². The predicted octanol–water partition coefficient (Wildman–Crippen LogP) is 1.96. The van der Waals surface area contributed by atoms with Gasteiger partial charge in [0.15, 0.2) is 0 Å². The fourth-order valence-electron chi connectivity index (χ4n) is 0.535. The minimum Gasteiger partial charge on any atom is -0.466 e. The molecule has 0 N–H and O–H groups in total. The first-order valence-corrected chi connectivity index (χ1v) is 3.88. The van der Waals surface area contributed by atoms with Crippen LogP contribution in [0, 0.1) is 0 Å². The Bertz CT molecular complexity index is 104. The van der Waals surface area contributed by atoms with Gasteiger partial charge < -0.3 is 4.74 Å². The summed E-state index contributed by atoms with van der Waals surface area (Å²) in [5.41, 5.74) is 0. The average Bonchev–Trinajstić information content (AvgIpc) is 1.87. The highest BCUT2D eigenvalue weighted by Gasteiger charge is 2.01. The van der Waals surface area contributed by atoms with Crippen LogP contribution >= 0.6 is 11.6 Å². The number of halogens is 1. The van der Waals surface area contributed by atoms with E-state index in [0.29, 0.717) is 6.61 Å². The predicted molar refractivity (Wildman–Crippen MR) is 41.2 cm³/mol. The van der Waals surface area contributed by atoms with Crippen LogP contribution in [0.4, 0.5) is 0 Å². The van der Waals surface area contributed by atoms with Crippen LogP contribution in [0.25, 0.3) is 0 Å². The molecule has 0 aliphatic heterocycles. The lowest BCUT2D eigenvalue weighted by Gasteiger charge is -2.04. The van der Waals surface area contributed by atoms with Crippen molar-refractivity contribution in [3.05, 3.63) is 0 Å². The molecule has 0 saturated carbocycles. The molecule has 0 rings (SSSR count). The fourth-order valence-corrected chi connectivity index (χ4v) is 0.624. The molecule has 60 valence electrons. The number of carbonyl (C=O) groups excluding carboxylic acids is 1. The number of esters is 1. The van der Waals surface area contributed by atoms with Crippen molar-refractivity contribution in [1.82, 2.24) is 0 Å². The lowest BCUT2D eigenvalue weighted by molar-refractivity contribution is -0.141. The maximum absolute atomic E-state index is 10.2. The van der Waals surface area contributed by atoms with E-state index in [1.807, 2.05) is 6.92 Å². The van der Waals surface area contributed by atoms with Crippen molar-refractivity contribution >= 4 is 17.6 Å². The van der Waals surface area contributed by atoms with E-state index < -0.39 is 0 Å². The van der Waals surface area contributed by atoms with E-state index in [1.165, 1.54) is 6.92 Å². The third-order valence-electron chi connectivity index (χ3n) is 1.18. The lowest BCUT2D eigenvalue weighted by atomic mass is 10.2. The summed E-state index contributed by atoms with van der Waals surface area (Å²) in [5.74, 6) is -0.236. The van der Waals surface area contributed by atoms with Crippen LogP contribution in [0.5, 0.6) is 0 Å². The molecule has 2 nitrogen and oxygen atoms in total. The Morgan fingerprint density at radius 2 is 2.30 bits per heavy atom. The molecule has 0 aromatic carbocycles. The first-order valence-electron chi connectivity index (χ1n) is 3.44. The van der Waals surface area contributed by atoms with Crippen LogP contribution in [0.3, 0.4) is 0 Å². The molecule has 3 heteroatoms. The van der Waals surface area contributed by atoms with E-state index in [-0.39, 0.29) is 11.3 Å². The summed E-state index contributed by atoms with van der Waals surface area (Å²) in [7, 11) is 0. The van der Waals surface area contributed by atoms with Gasteiger partial charge in [0.2, 0.25) is 0 Å². The lowest BCUT2D eigenvalue weighted by Crippen LogP contribution is -2.06. The fraction of sp³-hybridized carbons (Fsp3) is 0.857. The number of ether oxygens (including phenoxy) is 1. The molecule has 0 aliphatic carbocycles. The number of hydrogen-bond donors (Lipinski definition) is 0. The minimum absolute atomic E-state index is 0.138. The molecular weight excluding hydrogens is 152 g/mol. The quantitative estimate of drug-likeness (QED) is 0.469. The summed E-state index contributed by atoms with van der Waals surface area (Å²) in [6.45, 7) is 3.85. The molecule has 10 heavy (non-hydrogen) atoms. The normalized spacial score (nSPS) is 12.7. The molecule has 0 bridgehead atoms. The van der Waals surface area contributed by atoms with E-state index in [2.05, 4.69) is 0 Å². The van der Waals surface area contributed by atoms with Crippen molar-refractivity contribution in [3.63, 3.8) is 0 Å². The SMILES string of the molecule is CC[C@@H](Cl)CCOC(C)=O. The third-order valence-corrected chi connectivity index (χ3v) is 1.71. The van der Waals surface area contributed by atoms with Gasteiger partial charge in [0.25, 0.3) is 0 Å². The zero-order valence-electron chi connectivity index (χ0n) is 6.39. The summed E-state index contributed by atoms with van der Waals surface area (Å²) in [4.78, 5) is 10.2. The van der Waals surface area contributed by atoms with Crippen LogP contribution in [-0.4, -0.2) is 18.0 Å². The molecule has 0 aromatic rings. The van der Waals surface area contributed by atoms with Crippen LogP contribution < -0.4 is 0 Å². The second-order valence-corrected chi connectivity index (χ2v) is 2.75. The Balaban J connectivity index is 3.11. The van der Waals surface area contributed by atoms with Gasteiger partial charge in [-0.15, -0.1) is 11.6 Å². The van der Waals surface area contributed by atoms with Gasteiger partial charge in [0, 0.05) is 12.3 Å². The van der Waals surface area contributed by atoms with Gasteiger partial charge in [0.1, 0.15) is 0 Å². The third kappa shape index (κ3) is 5.89. The maximum atomic E-state index is 10.2.